The van der Waals surface area contributed by atoms with Crippen LogP contribution in [-0.4, -0.2) is 49.7 Å². The summed E-state index contributed by atoms with van der Waals surface area (Å²) in [4.78, 5) is 29.3. The van der Waals surface area contributed by atoms with Crippen LogP contribution in [-0.2, 0) is 31.0 Å². The number of benzene rings is 1. The number of anilines is 1. The van der Waals surface area contributed by atoms with Crippen LogP contribution in [0.4, 0.5) is 9.52 Å². The minimum atomic E-state index is -3.75. The highest BCUT2D eigenvalue weighted by molar-refractivity contribution is 7.89. The third kappa shape index (κ3) is 6.31. The number of amides is 1. The van der Waals surface area contributed by atoms with Gasteiger partial charge in [-0.15, -0.1) is 11.3 Å². The molecular weight excluding hydrogens is 433 g/mol. The van der Waals surface area contributed by atoms with E-state index >= 15 is 0 Å². The molecule has 1 aromatic heterocycles. The number of hydrogen-bond acceptors (Lipinski definition) is 7. The van der Waals surface area contributed by atoms with E-state index in [2.05, 4.69) is 4.98 Å². The van der Waals surface area contributed by atoms with Gasteiger partial charge in [0.05, 0.1) is 10.6 Å². The third-order valence-electron chi connectivity index (χ3n) is 4.22. The van der Waals surface area contributed by atoms with Gasteiger partial charge in [-0.05, 0) is 37.6 Å². The van der Waals surface area contributed by atoms with E-state index in [9.17, 15) is 22.4 Å². The molecule has 0 atom stereocenters. The van der Waals surface area contributed by atoms with E-state index in [1.165, 1.54) is 42.3 Å². The first-order valence-corrected chi connectivity index (χ1v) is 11.6. The molecule has 1 aromatic carbocycles. The molecule has 1 amide bonds. The molecule has 11 heteroatoms. The quantitative estimate of drug-likeness (QED) is 0.509. The normalized spacial score (nSPS) is 11.5. The second-order valence-electron chi connectivity index (χ2n) is 6.43. The van der Waals surface area contributed by atoms with E-state index in [-0.39, 0.29) is 36.8 Å². The van der Waals surface area contributed by atoms with Gasteiger partial charge in [0.15, 0.2) is 5.13 Å². The van der Waals surface area contributed by atoms with Crippen molar-refractivity contribution in [2.24, 2.45) is 0 Å². The van der Waals surface area contributed by atoms with Gasteiger partial charge in [0.1, 0.15) is 12.4 Å². The number of nitrogens with zero attached hydrogens (tertiary/aromatic N) is 3. The third-order valence-corrected chi connectivity index (χ3v) is 7.01. The molecule has 2 aromatic rings. The summed E-state index contributed by atoms with van der Waals surface area (Å²) in [5.74, 6) is -1.11. The molecule has 0 bridgehead atoms. The summed E-state index contributed by atoms with van der Waals surface area (Å²) in [6.07, 6.45) is 0.306. The molecule has 0 saturated heterocycles. The Balaban J connectivity index is 1.79. The SMILES string of the molecule is CCN(C(C)=O)c1nc(COC(=O)CCCN(C)S(=O)(=O)c2ccc(F)cc2)cs1. The highest BCUT2D eigenvalue weighted by Gasteiger charge is 2.21. The molecule has 8 nitrogen and oxygen atoms in total. The second-order valence-corrected chi connectivity index (χ2v) is 9.31. The number of hydrogen-bond donors (Lipinski definition) is 0. The fourth-order valence-corrected chi connectivity index (χ4v) is 4.68. The average molecular weight is 458 g/mol. The van der Waals surface area contributed by atoms with Crippen LogP contribution in [0, 0.1) is 5.82 Å². The summed E-state index contributed by atoms with van der Waals surface area (Å²) in [5.41, 5.74) is 0.541. The van der Waals surface area contributed by atoms with Crippen molar-refractivity contribution in [3.63, 3.8) is 0 Å². The molecule has 0 saturated carbocycles. The topological polar surface area (TPSA) is 96.9 Å². The zero-order valence-corrected chi connectivity index (χ0v) is 18.6. The summed E-state index contributed by atoms with van der Waals surface area (Å²) in [5, 5.41) is 2.26. The van der Waals surface area contributed by atoms with Gasteiger partial charge in [-0.3, -0.25) is 14.5 Å². The maximum atomic E-state index is 13.0. The predicted octanol–water partition coefficient (Wildman–Crippen LogP) is 2.80. The summed E-state index contributed by atoms with van der Waals surface area (Å²) in [6.45, 7) is 3.89. The molecule has 30 heavy (non-hydrogen) atoms. The first kappa shape index (κ1) is 23.9. The van der Waals surface area contributed by atoms with Crippen molar-refractivity contribution in [3.8, 4) is 0 Å². The van der Waals surface area contributed by atoms with Crippen molar-refractivity contribution < 1.29 is 27.1 Å². The van der Waals surface area contributed by atoms with Crippen LogP contribution in [0.2, 0.25) is 0 Å². The van der Waals surface area contributed by atoms with Crippen molar-refractivity contribution >= 4 is 38.4 Å². The van der Waals surface area contributed by atoms with Crippen LogP contribution in [0.15, 0.2) is 34.5 Å². The molecule has 0 radical (unpaired) electrons. The Morgan fingerprint density at radius 1 is 1.23 bits per heavy atom. The monoisotopic (exact) mass is 457 g/mol. The molecule has 0 unspecified atom stereocenters. The van der Waals surface area contributed by atoms with Gasteiger partial charge >= 0.3 is 5.97 Å². The highest BCUT2D eigenvalue weighted by Crippen LogP contribution is 2.21. The van der Waals surface area contributed by atoms with E-state index in [0.29, 0.717) is 17.4 Å². The van der Waals surface area contributed by atoms with Crippen LogP contribution in [0.3, 0.4) is 0 Å². The molecule has 164 valence electrons. The smallest absolute Gasteiger partial charge is 0.306 e. The van der Waals surface area contributed by atoms with E-state index in [0.717, 1.165) is 16.4 Å². The van der Waals surface area contributed by atoms with Crippen molar-refractivity contribution in [2.45, 2.75) is 38.2 Å². The van der Waals surface area contributed by atoms with Gasteiger partial charge in [-0.2, -0.15) is 0 Å². The Kier molecular flexibility index (Phi) is 8.44. The number of carbonyl (C=O) groups is 2. The number of thiazole rings is 1. The molecule has 0 N–H and O–H groups in total. The molecule has 0 aliphatic carbocycles. The second kappa shape index (κ2) is 10.6. The van der Waals surface area contributed by atoms with Crippen molar-refractivity contribution in [1.29, 1.82) is 0 Å². The van der Waals surface area contributed by atoms with Crippen LogP contribution >= 0.6 is 11.3 Å². The summed E-state index contributed by atoms with van der Waals surface area (Å²) in [6, 6.07) is 4.56. The van der Waals surface area contributed by atoms with Crippen LogP contribution in [0.5, 0.6) is 0 Å². The number of carbonyl (C=O) groups excluding carboxylic acids is 2. The standard InChI is InChI=1S/C19H24FN3O5S2/c1-4-23(14(2)24)19-21-16(13-29-19)12-28-18(25)6-5-11-22(3)30(26,27)17-9-7-15(20)8-10-17/h7-10,13H,4-6,11-12H2,1-3H3. The summed E-state index contributed by atoms with van der Waals surface area (Å²) in [7, 11) is -2.35. The maximum Gasteiger partial charge on any atom is 0.306 e. The molecule has 2 rings (SSSR count). The minimum absolute atomic E-state index is 0.0139. The first-order valence-electron chi connectivity index (χ1n) is 9.25. The molecule has 0 aliphatic heterocycles. The average Bonchev–Trinajstić information content (AvgIpc) is 3.15. The number of sulfonamides is 1. The number of aromatic nitrogens is 1. The van der Waals surface area contributed by atoms with Crippen molar-refractivity contribution in [3.05, 3.63) is 41.2 Å². The predicted molar refractivity (Wildman–Crippen MR) is 111 cm³/mol. The van der Waals surface area contributed by atoms with Gasteiger partial charge in [0.25, 0.3) is 0 Å². The fraction of sp³-hybridized carbons (Fsp3) is 0.421. The van der Waals surface area contributed by atoms with Gasteiger partial charge in [-0.25, -0.2) is 22.1 Å². The van der Waals surface area contributed by atoms with E-state index in [1.807, 2.05) is 6.92 Å². The van der Waals surface area contributed by atoms with Gasteiger partial charge in [0.2, 0.25) is 15.9 Å². The first-order chi connectivity index (χ1) is 14.1. The Morgan fingerprint density at radius 2 is 1.90 bits per heavy atom. The van der Waals surface area contributed by atoms with Crippen molar-refractivity contribution in [1.82, 2.24) is 9.29 Å². The lowest BCUT2D eigenvalue weighted by atomic mass is 10.3. The lowest BCUT2D eigenvalue weighted by Crippen LogP contribution is -2.28. The van der Waals surface area contributed by atoms with Gasteiger partial charge < -0.3 is 4.74 Å². The highest BCUT2D eigenvalue weighted by atomic mass is 32.2. The number of esters is 1. The van der Waals surface area contributed by atoms with Gasteiger partial charge in [0, 0.05) is 38.9 Å². The molecule has 0 fully saturated rings. The Hall–Kier alpha value is -2.37. The lowest BCUT2D eigenvalue weighted by molar-refractivity contribution is -0.145. The Labute approximate surface area is 179 Å². The Morgan fingerprint density at radius 3 is 2.50 bits per heavy atom. The maximum absolute atomic E-state index is 13.0. The molecule has 1 heterocycles. The largest absolute Gasteiger partial charge is 0.459 e. The summed E-state index contributed by atoms with van der Waals surface area (Å²) >= 11 is 1.29. The van der Waals surface area contributed by atoms with E-state index < -0.39 is 21.8 Å². The van der Waals surface area contributed by atoms with E-state index in [4.69, 9.17) is 4.74 Å². The number of halogens is 1. The molecule has 0 spiro atoms. The zero-order chi connectivity index (χ0) is 22.3. The molecule has 0 aliphatic rings. The summed E-state index contributed by atoms with van der Waals surface area (Å²) < 4.78 is 44.1. The fourth-order valence-electron chi connectivity index (χ4n) is 2.56. The van der Waals surface area contributed by atoms with Crippen LogP contribution in [0.25, 0.3) is 0 Å². The van der Waals surface area contributed by atoms with Crippen molar-refractivity contribution in [2.75, 3.05) is 25.0 Å². The van der Waals surface area contributed by atoms with Gasteiger partial charge in [-0.1, -0.05) is 0 Å². The van der Waals surface area contributed by atoms with Crippen LogP contribution in [0.1, 0.15) is 32.4 Å². The van der Waals surface area contributed by atoms with E-state index in [1.54, 1.807) is 5.38 Å². The minimum Gasteiger partial charge on any atom is -0.459 e. The zero-order valence-electron chi connectivity index (χ0n) is 17.0. The number of rotatable bonds is 10. The molecular formula is C19H24FN3O5S2. The van der Waals surface area contributed by atoms with Crippen LogP contribution < -0.4 is 4.90 Å². The lowest BCUT2D eigenvalue weighted by Gasteiger charge is -2.17. The Bertz CT molecular complexity index is 976. The number of ether oxygens (including phenoxy) is 1.